The molecule has 5 nitrogen and oxygen atoms in total. The van der Waals surface area contributed by atoms with Crippen molar-refractivity contribution in [1.29, 1.82) is 0 Å². The van der Waals surface area contributed by atoms with Gasteiger partial charge in [0.1, 0.15) is 0 Å². The van der Waals surface area contributed by atoms with Crippen LogP contribution in [0.5, 0.6) is 0 Å². The normalized spacial score (nSPS) is 16.4. The van der Waals surface area contributed by atoms with Crippen LogP contribution in [0.2, 0.25) is 0 Å². The predicted molar refractivity (Wildman–Crippen MR) is 108 cm³/mol. The van der Waals surface area contributed by atoms with E-state index in [0.717, 1.165) is 39.3 Å². The van der Waals surface area contributed by atoms with Gasteiger partial charge >= 0.3 is 0 Å². The number of nitrogens with one attached hydrogen (secondary N) is 1. The minimum absolute atomic E-state index is 0.352. The average molecular weight is 351 g/mol. The highest BCUT2D eigenvalue weighted by molar-refractivity contribution is 5.48. The minimum Gasteiger partial charge on any atom is -0.352 e. The van der Waals surface area contributed by atoms with Gasteiger partial charge in [-0.25, -0.2) is 9.97 Å². The van der Waals surface area contributed by atoms with Crippen molar-refractivity contribution in [2.24, 2.45) is 0 Å². The molecule has 2 heterocycles. The highest BCUT2D eigenvalue weighted by Crippen LogP contribution is 2.09. The van der Waals surface area contributed by atoms with Gasteiger partial charge in [0.05, 0.1) is 0 Å². The fourth-order valence-corrected chi connectivity index (χ4v) is 3.06. The largest absolute Gasteiger partial charge is 0.352 e. The van der Waals surface area contributed by atoms with E-state index in [1.165, 1.54) is 11.1 Å². The van der Waals surface area contributed by atoms with E-state index >= 15 is 0 Å². The fraction of sp³-hybridized carbons (Fsp3) is 0.429. The van der Waals surface area contributed by atoms with Crippen LogP contribution in [0.1, 0.15) is 25.0 Å². The molecular weight excluding hydrogens is 322 g/mol. The first-order valence-electron chi connectivity index (χ1n) is 9.43. The van der Waals surface area contributed by atoms with E-state index < -0.39 is 0 Å². The number of rotatable bonds is 7. The summed E-state index contributed by atoms with van der Waals surface area (Å²) >= 11 is 0. The van der Waals surface area contributed by atoms with Gasteiger partial charge in [-0.15, -0.1) is 0 Å². The number of hydrogen-bond donors (Lipinski definition) is 1. The van der Waals surface area contributed by atoms with E-state index in [0.29, 0.717) is 12.0 Å². The summed E-state index contributed by atoms with van der Waals surface area (Å²) in [6.07, 6.45) is 8.34. The van der Waals surface area contributed by atoms with E-state index in [1.807, 2.05) is 12.4 Å². The van der Waals surface area contributed by atoms with Crippen LogP contribution >= 0.6 is 0 Å². The Morgan fingerprint density at radius 3 is 2.31 bits per heavy atom. The maximum Gasteiger partial charge on any atom is 0.222 e. The Bertz CT molecular complexity index is 673. The molecule has 1 saturated heterocycles. The number of hydrogen-bond acceptors (Lipinski definition) is 5. The second-order valence-corrected chi connectivity index (χ2v) is 7.10. The van der Waals surface area contributed by atoms with Gasteiger partial charge in [0.15, 0.2) is 0 Å². The van der Waals surface area contributed by atoms with Crippen molar-refractivity contribution in [2.45, 2.75) is 26.4 Å². The summed E-state index contributed by atoms with van der Waals surface area (Å²) in [5.41, 5.74) is 2.44. The molecule has 26 heavy (non-hydrogen) atoms. The number of benzene rings is 1. The summed E-state index contributed by atoms with van der Waals surface area (Å²) in [6.45, 7) is 10.5. The lowest BCUT2D eigenvalue weighted by atomic mass is 10.2. The van der Waals surface area contributed by atoms with Gasteiger partial charge in [-0.3, -0.25) is 9.80 Å². The SMILES string of the molecule is CC(C)Nc1ncc(CN2CCN(CC=Cc3ccccc3)CC2)cn1. The Kier molecular flexibility index (Phi) is 6.75. The van der Waals surface area contributed by atoms with Crippen LogP contribution in [-0.2, 0) is 6.54 Å². The predicted octanol–water partition coefficient (Wildman–Crippen LogP) is 3.13. The summed E-state index contributed by atoms with van der Waals surface area (Å²) in [7, 11) is 0. The van der Waals surface area contributed by atoms with Crippen LogP contribution < -0.4 is 5.32 Å². The maximum atomic E-state index is 4.40. The minimum atomic E-state index is 0.352. The fourth-order valence-electron chi connectivity index (χ4n) is 3.06. The van der Waals surface area contributed by atoms with Crippen LogP contribution in [0.3, 0.4) is 0 Å². The third-order valence-corrected chi connectivity index (χ3v) is 4.47. The van der Waals surface area contributed by atoms with Gasteiger partial charge in [0.25, 0.3) is 0 Å². The molecule has 0 radical (unpaired) electrons. The second-order valence-electron chi connectivity index (χ2n) is 7.10. The molecule has 1 aromatic carbocycles. The Hall–Kier alpha value is -2.24. The second kappa shape index (κ2) is 9.46. The molecule has 0 bridgehead atoms. The van der Waals surface area contributed by atoms with Crippen molar-refractivity contribution in [2.75, 3.05) is 38.0 Å². The van der Waals surface area contributed by atoms with Crippen LogP contribution in [0.4, 0.5) is 5.95 Å². The van der Waals surface area contributed by atoms with Crippen LogP contribution in [0, 0.1) is 0 Å². The first-order chi connectivity index (χ1) is 12.7. The van der Waals surface area contributed by atoms with Gasteiger partial charge < -0.3 is 5.32 Å². The van der Waals surface area contributed by atoms with Crippen molar-refractivity contribution in [3.63, 3.8) is 0 Å². The highest BCUT2D eigenvalue weighted by atomic mass is 15.3. The Morgan fingerprint density at radius 1 is 1.00 bits per heavy atom. The maximum absolute atomic E-state index is 4.40. The third-order valence-electron chi connectivity index (χ3n) is 4.47. The van der Waals surface area contributed by atoms with E-state index in [-0.39, 0.29) is 0 Å². The smallest absolute Gasteiger partial charge is 0.222 e. The van der Waals surface area contributed by atoms with Crippen molar-refractivity contribution in [1.82, 2.24) is 19.8 Å². The molecule has 0 saturated carbocycles. The lowest BCUT2D eigenvalue weighted by Gasteiger charge is -2.34. The molecule has 3 rings (SSSR count). The topological polar surface area (TPSA) is 44.3 Å². The zero-order chi connectivity index (χ0) is 18.2. The van der Waals surface area contributed by atoms with Gasteiger partial charge in [-0.05, 0) is 19.4 Å². The van der Waals surface area contributed by atoms with Crippen LogP contribution in [0.15, 0.2) is 48.8 Å². The number of anilines is 1. The van der Waals surface area contributed by atoms with Gasteiger partial charge in [0, 0.05) is 63.3 Å². The molecule has 0 unspecified atom stereocenters. The number of nitrogens with zero attached hydrogens (tertiary/aromatic N) is 4. The zero-order valence-electron chi connectivity index (χ0n) is 15.8. The van der Waals surface area contributed by atoms with Crippen molar-refractivity contribution in [3.8, 4) is 0 Å². The molecule has 0 atom stereocenters. The van der Waals surface area contributed by atoms with Crippen molar-refractivity contribution in [3.05, 3.63) is 59.9 Å². The van der Waals surface area contributed by atoms with Gasteiger partial charge in [0.2, 0.25) is 5.95 Å². The molecule has 1 N–H and O–H groups in total. The number of aromatic nitrogens is 2. The highest BCUT2D eigenvalue weighted by Gasteiger charge is 2.16. The zero-order valence-corrected chi connectivity index (χ0v) is 15.8. The molecular formula is C21H29N5. The molecule has 1 aromatic heterocycles. The average Bonchev–Trinajstić information content (AvgIpc) is 2.65. The van der Waals surface area contributed by atoms with Gasteiger partial charge in [-0.1, -0.05) is 42.5 Å². The molecule has 1 aliphatic heterocycles. The summed E-state index contributed by atoms with van der Waals surface area (Å²) in [4.78, 5) is 13.8. The van der Waals surface area contributed by atoms with E-state index in [9.17, 15) is 0 Å². The summed E-state index contributed by atoms with van der Waals surface area (Å²) in [5, 5.41) is 3.22. The Balaban J connectivity index is 1.40. The Labute approximate surface area is 156 Å². The van der Waals surface area contributed by atoms with Crippen LogP contribution in [0.25, 0.3) is 6.08 Å². The molecule has 138 valence electrons. The third kappa shape index (κ3) is 5.93. The standard InChI is InChI=1S/C21H29N5/c1-18(2)24-21-22-15-20(16-23-21)17-26-13-11-25(12-14-26)10-6-9-19-7-4-3-5-8-19/h3-9,15-16,18H,10-14,17H2,1-2H3,(H,22,23,24). The summed E-state index contributed by atoms with van der Waals surface area (Å²) < 4.78 is 0. The van der Waals surface area contributed by atoms with E-state index in [4.69, 9.17) is 0 Å². The monoisotopic (exact) mass is 351 g/mol. The van der Waals surface area contributed by atoms with E-state index in [1.54, 1.807) is 0 Å². The quantitative estimate of drug-likeness (QED) is 0.830. The lowest BCUT2D eigenvalue weighted by Crippen LogP contribution is -2.45. The molecule has 5 heteroatoms. The number of piperazine rings is 1. The molecule has 1 aliphatic rings. The van der Waals surface area contributed by atoms with E-state index in [2.05, 4.69) is 81.4 Å². The first-order valence-corrected chi connectivity index (χ1v) is 9.43. The Morgan fingerprint density at radius 2 is 1.65 bits per heavy atom. The molecule has 0 amide bonds. The van der Waals surface area contributed by atoms with Gasteiger partial charge in [-0.2, -0.15) is 0 Å². The summed E-state index contributed by atoms with van der Waals surface area (Å²) in [5.74, 6) is 0.707. The molecule has 0 aliphatic carbocycles. The molecule has 1 fully saturated rings. The van der Waals surface area contributed by atoms with Crippen LogP contribution in [-0.4, -0.2) is 58.5 Å². The van der Waals surface area contributed by atoms with Crippen molar-refractivity contribution >= 4 is 12.0 Å². The first kappa shape index (κ1) is 18.5. The molecule has 2 aromatic rings. The molecule has 0 spiro atoms. The lowest BCUT2D eigenvalue weighted by molar-refractivity contribution is 0.137. The summed E-state index contributed by atoms with van der Waals surface area (Å²) in [6, 6.07) is 10.8. The van der Waals surface area contributed by atoms with Crippen molar-refractivity contribution < 1.29 is 0 Å².